The summed E-state index contributed by atoms with van der Waals surface area (Å²) in [4.78, 5) is 5.22. The molecule has 1 aromatic heterocycles. The normalized spacial score (nSPS) is 10.6. The zero-order chi connectivity index (χ0) is 7.94. The fourth-order valence-electron chi connectivity index (χ4n) is 0.675. The highest BCUT2D eigenvalue weighted by Gasteiger charge is 1.87. The van der Waals surface area contributed by atoms with Gasteiger partial charge in [-0.15, -0.1) is 11.8 Å². The standard InChI is InChI=1S/C9H11NS/c1-2-3-8-11-9-4-6-10-7-5-9/h2-7H,8H2,1H3/b3-2-. The third-order valence-electron chi connectivity index (χ3n) is 1.23. The van der Waals surface area contributed by atoms with Gasteiger partial charge in [-0.25, -0.2) is 0 Å². The Labute approximate surface area is 71.5 Å². The molecule has 1 heterocycles. The molecule has 0 saturated carbocycles. The Morgan fingerprint density at radius 2 is 2.18 bits per heavy atom. The highest BCUT2D eigenvalue weighted by atomic mass is 32.2. The smallest absolute Gasteiger partial charge is 0.0278 e. The Kier molecular flexibility index (Phi) is 3.76. The average Bonchev–Trinajstić information content (AvgIpc) is 2.07. The van der Waals surface area contributed by atoms with E-state index in [4.69, 9.17) is 0 Å². The lowest BCUT2D eigenvalue weighted by molar-refractivity contribution is 1.26. The number of hydrogen-bond acceptors (Lipinski definition) is 2. The Hall–Kier alpha value is -0.760. The maximum absolute atomic E-state index is 3.94. The zero-order valence-corrected chi connectivity index (χ0v) is 7.34. The molecule has 0 atom stereocenters. The molecule has 0 N–H and O–H groups in total. The van der Waals surface area contributed by atoms with Crippen molar-refractivity contribution in [2.24, 2.45) is 0 Å². The van der Waals surface area contributed by atoms with E-state index < -0.39 is 0 Å². The first-order valence-corrected chi connectivity index (χ1v) is 4.56. The molecule has 0 aliphatic carbocycles. The van der Waals surface area contributed by atoms with E-state index in [1.54, 1.807) is 0 Å². The van der Waals surface area contributed by atoms with Crippen molar-refractivity contribution in [3.05, 3.63) is 36.7 Å². The van der Waals surface area contributed by atoms with Crippen LogP contribution in [0.15, 0.2) is 41.6 Å². The molecule has 0 spiro atoms. The predicted octanol–water partition coefficient (Wildman–Crippen LogP) is 2.75. The molecule has 0 saturated heterocycles. The Bertz CT molecular complexity index is 218. The Balaban J connectivity index is 2.39. The highest BCUT2D eigenvalue weighted by Crippen LogP contribution is 2.15. The van der Waals surface area contributed by atoms with Crippen molar-refractivity contribution < 1.29 is 0 Å². The van der Waals surface area contributed by atoms with E-state index in [-0.39, 0.29) is 0 Å². The number of aromatic nitrogens is 1. The summed E-state index contributed by atoms with van der Waals surface area (Å²) in [7, 11) is 0. The summed E-state index contributed by atoms with van der Waals surface area (Å²) in [5, 5.41) is 0. The monoisotopic (exact) mass is 165 g/mol. The number of hydrogen-bond donors (Lipinski definition) is 0. The van der Waals surface area contributed by atoms with Crippen LogP contribution in [-0.4, -0.2) is 10.7 Å². The topological polar surface area (TPSA) is 12.9 Å². The molecule has 2 heteroatoms. The van der Waals surface area contributed by atoms with Crippen LogP contribution < -0.4 is 0 Å². The van der Waals surface area contributed by atoms with Crippen LogP contribution in [0.1, 0.15) is 6.92 Å². The van der Waals surface area contributed by atoms with E-state index >= 15 is 0 Å². The first-order chi connectivity index (χ1) is 5.43. The molecule has 0 amide bonds. The van der Waals surface area contributed by atoms with Gasteiger partial charge in [0.1, 0.15) is 0 Å². The van der Waals surface area contributed by atoms with Gasteiger partial charge in [-0.05, 0) is 19.1 Å². The molecular formula is C9H11NS. The van der Waals surface area contributed by atoms with Crippen molar-refractivity contribution in [2.75, 3.05) is 5.75 Å². The van der Waals surface area contributed by atoms with Crippen LogP contribution >= 0.6 is 11.8 Å². The van der Waals surface area contributed by atoms with Crippen LogP contribution in [0, 0.1) is 0 Å². The molecule has 58 valence electrons. The van der Waals surface area contributed by atoms with Gasteiger partial charge in [0.15, 0.2) is 0 Å². The van der Waals surface area contributed by atoms with Gasteiger partial charge >= 0.3 is 0 Å². The number of nitrogens with zero attached hydrogens (tertiary/aromatic N) is 1. The first kappa shape index (κ1) is 8.34. The third-order valence-corrected chi connectivity index (χ3v) is 2.20. The van der Waals surface area contributed by atoms with Gasteiger partial charge in [0, 0.05) is 23.0 Å². The Morgan fingerprint density at radius 1 is 1.45 bits per heavy atom. The van der Waals surface area contributed by atoms with E-state index in [0.29, 0.717) is 0 Å². The summed E-state index contributed by atoms with van der Waals surface area (Å²) in [6, 6.07) is 4.04. The van der Waals surface area contributed by atoms with Gasteiger partial charge in [0.05, 0.1) is 0 Å². The summed E-state index contributed by atoms with van der Waals surface area (Å²) in [6.45, 7) is 2.03. The van der Waals surface area contributed by atoms with Crippen LogP contribution in [-0.2, 0) is 0 Å². The summed E-state index contributed by atoms with van der Waals surface area (Å²) in [6.07, 6.45) is 7.84. The number of thioether (sulfide) groups is 1. The summed E-state index contributed by atoms with van der Waals surface area (Å²) < 4.78 is 0. The van der Waals surface area contributed by atoms with Gasteiger partial charge in [0.25, 0.3) is 0 Å². The molecule has 1 aromatic rings. The van der Waals surface area contributed by atoms with Gasteiger partial charge in [-0.2, -0.15) is 0 Å². The fraction of sp³-hybridized carbons (Fsp3) is 0.222. The minimum Gasteiger partial charge on any atom is -0.265 e. The van der Waals surface area contributed by atoms with Gasteiger partial charge in [0.2, 0.25) is 0 Å². The minimum absolute atomic E-state index is 1.04. The molecule has 1 nitrogen and oxygen atoms in total. The molecule has 0 aromatic carbocycles. The lowest BCUT2D eigenvalue weighted by Gasteiger charge is -1.94. The van der Waals surface area contributed by atoms with E-state index in [2.05, 4.69) is 17.1 Å². The van der Waals surface area contributed by atoms with Crippen molar-refractivity contribution in [1.29, 1.82) is 0 Å². The maximum atomic E-state index is 3.94. The number of pyridine rings is 1. The Morgan fingerprint density at radius 3 is 2.82 bits per heavy atom. The number of allylic oxidation sites excluding steroid dienone is 1. The van der Waals surface area contributed by atoms with E-state index in [0.717, 1.165) is 5.75 Å². The minimum atomic E-state index is 1.04. The largest absolute Gasteiger partial charge is 0.265 e. The zero-order valence-electron chi connectivity index (χ0n) is 6.53. The van der Waals surface area contributed by atoms with Gasteiger partial charge < -0.3 is 0 Å². The molecule has 0 aliphatic rings. The highest BCUT2D eigenvalue weighted by molar-refractivity contribution is 7.99. The number of rotatable bonds is 3. The van der Waals surface area contributed by atoms with Gasteiger partial charge in [-0.3, -0.25) is 4.98 Å². The van der Waals surface area contributed by atoms with Crippen molar-refractivity contribution in [2.45, 2.75) is 11.8 Å². The predicted molar refractivity (Wildman–Crippen MR) is 49.8 cm³/mol. The molecule has 0 unspecified atom stereocenters. The van der Waals surface area contributed by atoms with Crippen LogP contribution in [0.4, 0.5) is 0 Å². The van der Waals surface area contributed by atoms with E-state index in [1.165, 1.54) is 4.90 Å². The summed E-state index contributed by atoms with van der Waals surface area (Å²) in [5.74, 6) is 1.04. The van der Waals surface area contributed by atoms with Crippen LogP contribution in [0.5, 0.6) is 0 Å². The fourth-order valence-corrected chi connectivity index (χ4v) is 1.47. The van der Waals surface area contributed by atoms with E-state index in [1.807, 2.05) is 43.2 Å². The van der Waals surface area contributed by atoms with Crippen LogP contribution in [0.2, 0.25) is 0 Å². The van der Waals surface area contributed by atoms with E-state index in [9.17, 15) is 0 Å². The molecule has 1 rings (SSSR count). The molecule has 0 bridgehead atoms. The van der Waals surface area contributed by atoms with Crippen molar-refractivity contribution in [1.82, 2.24) is 4.98 Å². The van der Waals surface area contributed by atoms with Crippen LogP contribution in [0.25, 0.3) is 0 Å². The van der Waals surface area contributed by atoms with Crippen molar-refractivity contribution >= 4 is 11.8 Å². The second kappa shape index (κ2) is 4.97. The molecule has 0 fully saturated rings. The average molecular weight is 165 g/mol. The molecule has 11 heavy (non-hydrogen) atoms. The van der Waals surface area contributed by atoms with Crippen molar-refractivity contribution in [3.63, 3.8) is 0 Å². The lowest BCUT2D eigenvalue weighted by atomic mass is 10.5. The van der Waals surface area contributed by atoms with Crippen LogP contribution in [0.3, 0.4) is 0 Å². The van der Waals surface area contributed by atoms with Crippen molar-refractivity contribution in [3.8, 4) is 0 Å². The first-order valence-electron chi connectivity index (χ1n) is 3.57. The molecule has 0 aliphatic heterocycles. The summed E-state index contributed by atoms with van der Waals surface area (Å²) in [5.41, 5.74) is 0. The third kappa shape index (κ3) is 3.23. The SMILES string of the molecule is C/C=C\CSc1ccncc1. The van der Waals surface area contributed by atoms with Gasteiger partial charge in [-0.1, -0.05) is 12.2 Å². The second-order valence-corrected chi connectivity index (χ2v) is 3.16. The second-order valence-electron chi connectivity index (χ2n) is 2.06. The quantitative estimate of drug-likeness (QED) is 0.504. The maximum Gasteiger partial charge on any atom is 0.0278 e. The lowest BCUT2D eigenvalue weighted by Crippen LogP contribution is -1.73. The summed E-state index contributed by atoms with van der Waals surface area (Å²) >= 11 is 1.82. The molecule has 0 radical (unpaired) electrons. The molecular weight excluding hydrogens is 154 g/mol.